The molecule has 0 saturated carbocycles. The van der Waals surface area contributed by atoms with Gasteiger partial charge < -0.3 is 35.6 Å². The molecule has 0 aliphatic carbocycles. The summed E-state index contributed by atoms with van der Waals surface area (Å²) in [6, 6.07) is 74.8. The number of nitrogens with zero attached hydrogens (tertiary/aromatic N) is 10. The molecule has 25 heteroatoms. The van der Waals surface area contributed by atoms with Crippen LogP contribution in [0.5, 0.6) is 0 Å². The summed E-state index contributed by atoms with van der Waals surface area (Å²) in [5.74, 6) is -2.80. The van der Waals surface area contributed by atoms with Crippen LogP contribution in [0.3, 0.4) is 0 Å². The van der Waals surface area contributed by atoms with E-state index in [1.807, 2.05) is 78.9 Å². The second-order valence-electron chi connectivity index (χ2n) is 30.4. The number of piperazine rings is 2. The molecule has 12 aromatic carbocycles. The normalized spacial score (nSPS) is 14.3. The molecule has 0 bridgehead atoms. The lowest BCUT2D eigenvalue weighted by Gasteiger charge is -2.34. The van der Waals surface area contributed by atoms with E-state index < -0.39 is 0 Å². The molecule has 5 amide bonds. The van der Waals surface area contributed by atoms with E-state index in [0.29, 0.717) is 110 Å². The maximum Gasteiger partial charge on any atom is 0.251 e. The maximum absolute atomic E-state index is 14.1. The van der Waals surface area contributed by atoms with E-state index in [9.17, 15) is 50.3 Å². The minimum absolute atomic E-state index is 0.0781. The Labute approximate surface area is 720 Å². The Hall–Kier alpha value is -13.5. The van der Waals surface area contributed by atoms with E-state index in [1.165, 1.54) is 72.8 Å². The van der Waals surface area contributed by atoms with Gasteiger partial charge in [0.15, 0.2) is 0 Å². The molecule has 5 aliphatic heterocycles. The van der Waals surface area contributed by atoms with Crippen LogP contribution in [0, 0.1) is 34.9 Å². The molecule has 5 aliphatic rings. The third-order valence-corrected chi connectivity index (χ3v) is 22.4. The van der Waals surface area contributed by atoms with Crippen molar-refractivity contribution in [1.29, 1.82) is 0 Å². The number of nitrogens with one attached hydrogen (secondary N) is 3. The molecule has 17 rings (SSSR count). The number of rotatable bonds is 20. The fraction of sp³-hybridized carbons (Fsp3) is 0.192. The first-order valence-electron chi connectivity index (χ1n) is 41.0. The molecule has 2 fully saturated rings. The highest BCUT2D eigenvalue weighted by Gasteiger charge is 2.34. The molecule has 0 unspecified atom stereocenters. The van der Waals surface area contributed by atoms with E-state index in [4.69, 9.17) is 26.6 Å². The third-order valence-electron chi connectivity index (χ3n) is 22.2. The second-order valence-corrected chi connectivity index (χ2v) is 30.8. The Morgan fingerprint density at radius 3 is 1.05 bits per heavy atom. The number of hydrogen-bond donors (Lipinski definition) is 3. The molecule has 3 N–H and O–H groups in total. The van der Waals surface area contributed by atoms with Crippen molar-refractivity contribution in [3.05, 3.63) is 375 Å². The average Bonchev–Trinajstić information content (AvgIpc) is 1.61. The molecule has 18 nitrogen and oxygen atoms in total. The van der Waals surface area contributed by atoms with Gasteiger partial charge in [0.1, 0.15) is 34.9 Å². The Kier molecular flexibility index (Phi) is 27.3. The number of para-hydroxylation sites is 3. The van der Waals surface area contributed by atoms with Crippen LogP contribution in [0.1, 0.15) is 94.5 Å². The highest BCUT2D eigenvalue weighted by Crippen LogP contribution is 2.45. The van der Waals surface area contributed by atoms with E-state index in [0.717, 1.165) is 109 Å². The summed E-state index contributed by atoms with van der Waals surface area (Å²) in [6.45, 7) is 12.5. The van der Waals surface area contributed by atoms with Crippen LogP contribution in [0.4, 0.5) is 77.5 Å². The highest BCUT2D eigenvalue weighted by molar-refractivity contribution is 6.24. The van der Waals surface area contributed by atoms with Crippen LogP contribution >= 0.6 is 11.6 Å². The van der Waals surface area contributed by atoms with Gasteiger partial charge in [-0.15, -0.1) is 11.6 Å². The standard InChI is InChI=1S/C36H35F2N5O2.C34H31F2N5O2.C29H22ClF2N3O/c1-2-41-19-21-42(22-20-41)18-17-34(44)43-32-6-4-3-5-30(32)35(26-9-14-29(38)15-10-26)40-31-23-27(11-16-33(31)43)36(45)39-24-25-7-12-28(37)13-8-25;1-39-16-18-40(19-17-39)22-32(42)41-30-5-3-2-4-28(30)33(24-8-13-27(36)14-9-24)38-29-20-25(10-15-31(29)41)34(43)37-21-23-6-11-26(35)12-7-23;30-15-16-35-26-4-2-1-3-24(26)28(20-7-12-23(32)13-8-20)34-25-17-21(9-14-27(25)35)29(36)33-18-19-5-10-22(31)11-6-19/h3-16,23H,2,17-22,24H2,1H3,(H,39,45);2-15,20H,16-19,21-22H2,1H3,(H,37,43);1-14,17H,15-16,18H2,(H,33,36). The van der Waals surface area contributed by atoms with Gasteiger partial charge in [-0.3, -0.25) is 38.7 Å². The van der Waals surface area contributed by atoms with Gasteiger partial charge in [-0.05, 0) is 212 Å². The topological polar surface area (TPSA) is 181 Å². The number of alkyl halides is 1. The molecule has 2 saturated heterocycles. The Bertz CT molecular complexity index is 5990. The fourth-order valence-corrected chi connectivity index (χ4v) is 15.6. The minimum atomic E-state index is -0.365. The molecule has 628 valence electrons. The van der Waals surface area contributed by atoms with E-state index in [2.05, 4.69) is 54.4 Å². The van der Waals surface area contributed by atoms with Crippen molar-refractivity contribution in [3.63, 3.8) is 0 Å². The monoisotopic (exact) mass is 1690 g/mol. The van der Waals surface area contributed by atoms with Crippen molar-refractivity contribution < 1.29 is 50.3 Å². The number of halogens is 7. The van der Waals surface area contributed by atoms with Gasteiger partial charge in [-0.1, -0.05) is 97.9 Å². The summed E-state index contributed by atoms with van der Waals surface area (Å²) in [5.41, 5.74) is 15.4. The van der Waals surface area contributed by atoms with Gasteiger partial charge in [-0.25, -0.2) is 41.3 Å². The van der Waals surface area contributed by atoms with Crippen molar-refractivity contribution in [2.75, 3.05) is 106 Å². The number of likely N-dealkylation sites (N-methyl/N-ethyl adjacent to an activating group) is 2. The zero-order chi connectivity index (χ0) is 86.3. The first-order valence-corrected chi connectivity index (χ1v) is 41.5. The van der Waals surface area contributed by atoms with Gasteiger partial charge in [-0.2, -0.15) is 0 Å². The van der Waals surface area contributed by atoms with Crippen LogP contribution in [0.15, 0.2) is 288 Å². The lowest BCUT2D eigenvalue weighted by Crippen LogP contribution is -2.48. The summed E-state index contributed by atoms with van der Waals surface area (Å²) in [6.07, 6.45) is 0.311. The predicted molar refractivity (Wildman–Crippen MR) is 476 cm³/mol. The van der Waals surface area contributed by atoms with Gasteiger partial charge in [0.2, 0.25) is 11.8 Å². The summed E-state index contributed by atoms with van der Waals surface area (Å²) < 4.78 is 81.2. The molecular formula is C99H88ClF6N13O5. The third kappa shape index (κ3) is 20.5. The Morgan fingerprint density at radius 2 is 0.669 bits per heavy atom. The van der Waals surface area contributed by atoms with Gasteiger partial charge in [0.05, 0.1) is 74.9 Å². The van der Waals surface area contributed by atoms with E-state index >= 15 is 0 Å². The molecule has 5 heterocycles. The fourth-order valence-electron chi connectivity index (χ4n) is 15.4. The van der Waals surface area contributed by atoms with Crippen molar-refractivity contribution in [1.82, 2.24) is 35.6 Å². The molecule has 0 radical (unpaired) electrons. The van der Waals surface area contributed by atoms with Gasteiger partial charge in [0, 0.05) is 147 Å². The van der Waals surface area contributed by atoms with Crippen molar-refractivity contribution in [2.24, 2.45) is 15.0 Å². The van der Waals surface area contributed by atoms with E-state index in [-0.39, 0.29) is 90.6 Å². The number of carbonyl (C=O) groups excluding carboxylic acids is 5. The number of fused-ring (bicyclic) bond motifs is 6. The van der Waals surface area contributed by atoms with Crippen LogP contribution in [0.2, 0.25) is 0 Å². The highest BCUT2D eigenvalue weighted by atomic mass is 35.5. The Morgan fingerprint density at radius 1 is 0.347 bits per heavy atom. The smallest absolute Gasteiger partial charge is 0.251 e. The van der Waals surface area contributed by atoms with Crippen LogP contribution in [0.25, 0.3) is 0 Å². The average molecular weight is 1690 g/mol. The minimum Gasteiger partial charge on any atom is -0.348 e. The summed E-state index contributed by atoms with van der Waals surface area (Å²) >= 11 is 6.17. The molecule has 0 spiro atoms. The number of carbonyl (C=O) groups is 5. The van der Waals surface area contributed by atoms with E-state index in [1.54, 1.807) is 131 Å². The molecule has 124 heavy (non-hydrogen) atoms. The number of anilines is 6. The molecule has 0 aromatic heterocycles. The van der Waals surface area contributed by atoms with Crippen molar-refractivity contribution >= 4 is 109 Å². The molecular weight excluding hydrogens is 1600 g/mol. The van der Waals surface area contributed by atoms with Crippen LogP contribution < -0.4 is 30.7 Å². The number of aliphatic imine (C=N–C) groups is 3. The lowest BCUT2D eigenvalue weighted by molar-refractivity contribution is -0.119. The van der Waals surface area contributed by atoms with Crippen LogP contribution in [-0.4, -0.2) is 158 Å². The first-order chi connectivity index (χ1) is 60.3. The predicted octanol–water partition coefficient (Wildman–Crippen LogP) is 18.1. The quantitative estimate of drug-likeness (QED) is 0.0491. The zero-order valence-electron chi connectivity index (χ0n) is 68.2. The molecule has 0 atom stereocenters. The lowest BCUT2D eigenvalue weighted by atomic mass is 10.00. The molecule has 12 aromatic rings. The number of amides is 5. The Balaban J connectivity index is 0.000000145. The largest absolute Gasteiger partial charge is 0.348 e. The SMILES string of the molecule is CCN1CCN(CCC(=O)N2c3ccc(C(=O)NCc4ccc(F)cc4)cc3N=C(c3ccc(F)cc3)c3ccccc32)CC1.CN1CCN(CC(=O)N2c3ccc(C(=O)NCc4ccc(F)cc4)cc3N=C(c3ccc(F)cc3)c3ccccc32)CC1.O=C(NCc1ccc(F)cc1)c1ccc2c(c1)N=C(c1ccc(F)cc1)c1ccccc1N2CCCl. The van der Waals surface area contributed by atoms with Crippen molar-refractivity contribution in [2.45, 2.75) is 33.0 Å². The second kappa shape index (κ2) is 39.6. The summed E-state index contributed by atoms with van der Waals surface area (Å²) in [5, 5.41) is 8.63. The summed E-state index contributed by atoms with van der Waals surface area (Å²) in [4.78, 5) is 97.2. The van der Waals surface area contributed by atoms with Gasteiger partial charge in [0.25, 0.3) is 17.7 Å². The summed E-state index contributed by atoms with van der Waals surface area (Å²) in [7, 11) is 2.07. The first kappa shape index (κ1) is 85.5. The van der Waals surface area contributed by atoms with Crippen LogP contribution in [-0.2, 0) is 29.2 Å². The number of hydrogen-bond acceptors (Lipinski definition) is 13. The van der Waals surface area contributed by atoms with Gasteiger partial charge >= 0.3 is 0 Å². The maximum atomic E-state index is 14.1. The zero-order valence-corrected chi connectivity index (χ0v) is 68.9. The van der Waals surface area contributed by atoms with Crippen molar-refractivity contribution in [3.8, 4) is 0 Å². The number of benzene rings is 12.